The fourth-order valence-corrected chi connectivity index (χ4v) is 1.23. The topological polar surface area (TPSA) is 0 Å². The van der Waals surface area contributed by atoms with Crippen molar-refractivity contribution in [1.82, 2.24) is 0 Å². The number of hydrogen-bond acceptors (Lipinski definition) is 0. The maximum Gasteiger partial charge on any atom is 3.00 e. The first-order chi connectivity index (χ1) is 3.43. The molecule has 1 heteroatoms. The van der Waals surface area contributed by atoms with E-state index >= 15 is 0 Å². The van der Waals surface area contributed by atoms with Crippen molar-refractivity contribution in [2.45, 2.75) is 39.0 Å². The van der Waals surface area contributed by atoms with E-state index in [0.717, 1.165) is 0 Å². The fourth-order valence-electron chi connectivity index (χ4n) is 1.23. The zero-order chi connectivity index (χ0) is 5.11. The second-order valence-corrected chi connectivity index (χ2v) is 2.31. The second-order valence-electron chi connectivity index (χ2n) is 2.31. The molecule has 0 aromatic rings. The Morgan fingerprint density at radius 1 is 1.25 bits per heavy atom. The molecule has 0 atom stereocenters. The Hall–Kier alpha value is 1.10. The van der Waals surface area contributed by atoms with Gasteiger partial charge in [0.1, 0.15) is 0 Å². The number of hydrogen-bond donors (Lipinski definition) is 0. The molecule has 0 amide bonds. The molecule has 0 saturated heterocycles. The minimum atomic E-state index is 0. The van der Waals surface area contributed by atoms with Crippen molar-refractivity contribution in [3.63, 3.8) is 0 Å². The zero-order valence-corrected chi connectivity index (χ0v) is 8.45. The van der Waals surface area contributed by atoms with Crippen LogP contribution in [0.4, 0.5) is 0 Å². The minimum absolute atomic E-state index is 0. The summed E-state index contributed by atoms with van der Waals surface area (Å²) in [6.45, 7) is 2.26. The van der Waals surface area contributed by atoms with Gasteiger partial charge in [-0.05, 0) is 0 Å². The normalized spacial score (nSPS) is 20.6. The SMILES string of the molecule is CC[C-]1CCCC1.[Y+3]. The van der Waals surface area contributed by atoms with Gasteiger partial charge >= 0.3 is 32.7 Å². The van der Waals surface area contributed by atoms with Gasteiger partial charge in [-0.25, -0.2) is 0 Å². The third-order valence-electron chi connectivity index (χ3n) is 1.81. The summed E-state index contributed by atoms with van der Waals surface area (Å²) in [6, 6.07) is 0. The van der Waals surface area contributed by atoms with Crippen molar-refractivity contribution < 1.29 is 32.7 Å². The van der Waals surface area contributed by atoms with Gasteiger partial charge in [0.2, 0.25) is 0 Å². The smallest absolute Gasteiger partial charge is 0.314 e. The summed E-state index contributed by atoms with van der Waals surface area (Å²) >= 11 is 0. The van der Waals surface area contributed by atoms with E-state index in [0.29, 0.717) is 0 Å². The van der Waals surface area contributed by atoms with Gasteiger partial charge in [0, 0.05) is 0 Å². The summed E-state index contributed by atoms with van der Waals surface area (Å²) in [5.41, 5.74) is 0. The minimum Gasteiger partial charge on any atom is -0.314 e. The largest absolute Gasteiger partial charge is 3.00 e. The van der Waals surface area contributed by atoms with Crippen molar-refractivity contribution in [2.75, 3.05) is 0 Å². The van der Waals surface area contributed by atoms with Crippen molar-refractivity contribution >= 4 is 0 Å². The van der Waals surface area contributed by atoms with Gasteiger partial charge in [-0.2, -0.15) is 19.3 Å². The van der Waals surface area contributed by atoms with E-state index in [1.165, 1.54) is 32.1 Å². The van der Waals surface area contributed by atoms with Crippen LogP contribution in [0.15, 0.2) is 0 Å². The van der Waals surface area contributed by atoms with Gasteiger partial charge in [0.05, 0.1) is 0 Å². The van der Waals surface area contributed by atoms with E-state index in [1.54, 1.807) is 5.92 Å². The maximum absolute atomic E-state index is 2.26. The molecule has 0 N–H and O–H groups in total. The molecule has 0 aromatic heterocycles. The quantitative estimate of drug-likeness (QED) is 0.552. The molecule has 0 nitrogen and oxygen atoms in total. The van der Waals surface area contributed by atoms with Crippen LogP contribution in [0.5, 0.6) is 0 Å². The summed E-state index contributed by atoms with van der Waals surface area (Å²) < 4.78 is 0. The van der Waals surface area contributed by atoms with E-state index in [9.17, 15) is 0 Å². The predicted octanol–water partition coefficient (Wildman–Crippen LogP) is 2.54. The first kappa shape index (κ1) is 9.10. The summed E-state index contributed by atoms with van der Waals surface area (Å²) in [4.78, 5) is 0. The van der Waals surface area contributed by atoms with Gasteiger partial charge in [-0.3, -0.25) is 0 Å². The predicted molar refractivity (Wildman–Crippen MR) is 32.0 cm³/mol. The molecule has 0 aliphatic heterocycles. The Morgan fingerprint density at radius 3 is 2.00 bits per heavy atom. The van der Waals surface area contributed by atoms with Crippen LogP contribution in [-0.2, 0) is 32.7 Å². The van der Waals surface area contributed by atoms with E-state index in [1.807, 2.05) is 0 Å². The average Bonchev–Trinajstić information content (AvgIpc) is 2.14. The summed E-state index contributed by atoms with van der Waals surface area (Å²) in [6.07, 6.45) is 7.11. The van der Waals surface area contributed by atoms with Crippen LogP contribution in [0, 0.1) is 5.92 Å². The van der Waals surface area contributed by atoms with Crippen molar-refractivity contribution in [3.8, 4) is 0 Å². The molecule has 1 aliphatic rings. The Kier molecular flexibility index (Phi) is 5.62. The van der Waals surface area contributed by atoms with Crippen LogP contribution in [0.3, 0.4) is 0 Å². The maximum atomic E-state index is 2.26. The van der Waals surface area contributed by atoms with Crippen molar-refractivity contribution in [2.24, 2.45) is 0 Å². The van der Waals surface area contributed by atoms with E-state index in [-0.39, 0.29) is 32.7 Å². The fraction of sp³-hybridized carbons (Fsp3) is 0.857. The van der Waals surface area contributed by atoms with E-state index < -0.39 is 0 Å². The molecule has 1 fully saturated rings. The molecular formula is C7H13Y+2. The van der Waals surface area contributed by atoms with Crippen LogP contribution in [-0.4, -0.2) is 0 Å². The van der Waals surface area contributed by atoms with Crippen LogP contribution in [0.25, 0.3) is 0 Å². The first-order valence-electron chi connectivity index (χ1n) is 3.27. The van der Waals surface area contributed by atoms with Crippen LogP contribution in [0.2, 0.25) is 0 Å². The Balaban J connectivity index is 0.000000490. The van der Waals surface area contributed by atoms with E-state index in [4.69, 9.17) is 0 Å². The molecule has 0 bridgehead atoms. The Labute approximate surface area is 77.3 Å². The molecule has 0 unspecified atom stereocenters. The molecule has 0 radical (unpaired) electrons. The average molecular weight is 186 g/mol. The van der Waals surface area contributed by atoms with Gasteiger partial charge in [-0.1, -0.05) is 19.8 Å². The zero-order valence-electron chi connectivity index (χ0n) is 5.61. The first-order valence-corrected chi connectivity index (χ1v) is 3.27. The van der Waals surface area contributed by atoms with Gasteiger partial charge < -0.3 is 5.92 Å². The summed E-state index contributed by atoms with van der Waals surface area (Å²) in [5.74, 6) is 1.79. The van der Waals surface area contributed by atoms with Gasteiger partial charge in [-0.15, -0.1) is 0 Å². The monoisotopic (exact) mass is 186 g/mol. The van der Waals surface area contributed by atoms with Crippen LogP contribution >= 0.6 is 0 Å². The molecule has 1 rings (SSSR count). The summed E-state index contributed by atoms with van der Waals surface area (Å²) in [5, 5.41) is 0. The van der Waals surface area contributed by atoms with Crippen molar-refractivity contribution in [3.05, 3.63) is 5.92 Å². The Bertz CT molecular complexity index is 46.3. The third-order valence-corrected chi connectivity index (χ3v) is 1.81. The van der Waals surface area contributed by atoms with Crippen LogP contribution in [0.1, 0.15) is 39.0 Å². The molecule has 0 spiro atoms. The van der Waals surface area contributed by atoms with Crippen molar-refractivity contribution in [1.29, 1.82) is 0 Å². The third kappa shape index (κ3) is 2.59. The molecule has 0 heterocycles. The molecule has 0 aromatic carbocycles. The molecule has 1 saturated carbocycles. The molecule has 42 valence electrons. The summed E-state index contributed by atoms with van der Waals surface area (Å²) in [7, 11) is 0. The van der Waals surface area contributed by atoms with Crippen LogP contribution < -0.4 is 0 Å². The second kappa shape index (κ2) is 4.93. The van der Waals surface area contributed by atoms with Gasteiger partial charge in [0.25, 0.3) is 0 Å². The standard InChI is InChI=1S/C7H13.Y/c1-2-7-5-3-4-6-7;/h2-6H2,1H3;/q-1;+3. The molecular weight excluding hydrogens is 173 g/mol. The van der Waals surface area contributed by atoms with E-state index in [2.05, 4.69) is 6.92 Å². The Morgan fingerprint density at radius 2 is 1.75 bits per heavy atom. The van der Waals surface area contributed by atoms with Gasteiger partial charge in [0.15, 0.2) is 0 Å². The molecule has 8 heavy (non-hydrogen) atoms. The molecule has 1 aliphatic carbocycles. The number of rotatable bonds is 1.